The van der Waals surface area contributed by atoms with Crippen LogP contribution in [0.4, 0.5) is 0 Å². The van der Waals surface area contributed by atoms with Crippen LogP contribution >= 0.6 is 0 Å². The Hall–Kier alpha value is -0.910. The van der Waals surface area contributed by atoms with Crippen LogP contribution in [0.25, 0.3) is 0 Å². The van der Waals surface area contributed by atoms with E-state index in [0.29, 0.717) is 11.1 Å². The van der Waals surface area contributed by atoms with E-state index in [1.54, 1.807) is 45.0 Å². The van der Waals surface area contributed by atoms with Gasteiger partial charge >= 0.3 is 0 Å². The van der Waals surface area contributed by atoms with Gasteiger partial charge in [0, 0.05) is 5.54 Å². The maximum absolute atomic E-state index is 11.8. The summed E-state index contributed by atoms with van der Waals surface area (Å²) < 4.78 is 26.3. The minimum atomic E-state index is -3.35. The van der Waals surface area contributed by atoms with Gasteiger partial charge in [-0.25, -0.2) is 13.1 Å². The van der Waals surface area contributed by atoms with Crippen LogP contribution in [-0.4, -0.2) is 19.1 Å². The van der Waals surface area contributed by atoms with Crippen molar-refractivity contribution in [3.8, 4) is 0 Å². The Morgan fingerprint density at radius 3 is 2.35 bits per heavy atom. The molecule has 0 fully saturated rings. The monoisotopic (exact) mass is 257 g/mol. The molecule has 0 amide bonds. The van der Waals surface area contributed by atoms with Crippen molar-refractivity contribution in [3.63, 3.8) is 0 Å². The molecule has 0 spiro atoms. The van der Waals surface area contributed by atoms with Crippen LogP contribution in [0.1, 0.15) is 31.9 Å². The number of aliphatic hydroxyl groups is 1. The van der Waals surface area contributed by atoms with E-state index in [-0.39, 0.29) is 12.4 Å². The van der Waals surface area contributed by atoms with Crippen molar-refractivity contribution in [2.45, 2.75) is 38.7 Å². The molecule has 0 aliphatic rings. The lowest BCUT2D eigenvalue weighted by atomic mass is 10.1. The maximum Gasteiger partial charge on any atom is 0.216 e. The number of hydrogen-bond acceptors (Lipinski definition) is 3. The first kappa shape index (κ1) is 14.2. The van der Waals surface area contributed by atoms with Crippen LogP contribution in [-0.2, 0) is 22.4 Å². The Morgan fingerprint density at radius 1 is 1.24 bits per heavy atom. The van der Waals surface area contributed by atoms with Gasteiger partial charge in [0.15, 0.2) is 0 Å². The summed E-state index contributed by atoms with van der Waals surface area (Å²) in [5, 5.41) is 8.98. The topological polar surface area (TPSA) is 66.4 Å². The maximum atomic E-state index is 11.8. The first-order valence-corrected chi connectivity index (χ1v) is 7.07. The molecule has 0 aromatic heterocycles. The second-order valence-electron chi connectivity index (χ2n) is 5.09. The van der Waals surface area contributed by atoms with Crippen LogP contribution in [0.15, 0.2) is 24.3 Å². The van der Waals surface area contributed by atoms with Gasteiger partial charge in [-0.1, -0.05) is 24.3 Å². The third kappa shape index (κ3) is 5.30. The minimum absolute atomic E-state index is 0.0713. The fourth-order valence-electron chi connectivity index (χ4n) is 1.54. The van der Waals surface area contributed by atoms with Crippen molar-refractivity contribution in [3.05, 3.63) is 35.4 Å². The third-order valence-electron chi connectivity index (χ3n) is 1.99. The van der Waals surface area contributed by atoms with Crippen LogP contribution in [0.3, 0.4) is 0 Å². The lowest BCUT2D eigenvalue weighted by Crippen LogP contribution is -2.41. The molecule has 0 radical (unpaired) electrons. The fourth-order valence-corrected chi connectivity index (χ4v) is 3.16. The molecule has 0 bridgehead atoms. The number of hydrogen-bond donors (Lipinski definition) is 2. The van der Waals surface area contributed by atoms with Crippen molar-refractivity contribution in [1.82, 2.24) is 4.72 Å². The summed E-state index contributed by atoms with van der Waals surface area (Å²) in [6, 6.07) is 6.93. The van der Waals surface area contributed by atoms with Gasteiger partial charge in [0.25, 0.3) is 0 Å². The lowest BCUT2D eigenvalue weighted by molar-refractivity contribution is 0.281. The smallest absolute Gasteiger partial charge is 0.216 e. The zero-order valence-corrected chi connectivity index (χ0v) is 11.2. The van der Waals surface area contributed by atoms with Crippen molar-refractivity contribution < 1.29 is 13.5 Å². The predicted octanol–water partition coefficient (Wildman–Crippen LogP) is 1.40. The van der Waals surface area contributed by atoms with Crippen LogP contribution in [0, 0.1) is 0 Å². The van der Waals surface area contributed by atoms with Crippen LogP contribution in [0.2, 0.25) is 0 Å². The Kier molecular flexibility index (Phi) is 4.30. The molecule has 1 aromatic carbocycles. The SMILES string of the molecule is CC(C)(C)NS(=O)(=O)Cc1cccc(CO)c1. The summed E-state index contributed by atoms with van der Waals surface area (Å²) in [6.07, 6.45) is 0. The summed E-state index contributed by atoms with van der Waals surface area (Å²) in [4.78, 5) is 0. The number of aliphatic hydroxyl groups excluding tert-OH is 1. The largest absolute Gasteiger partial charge is 0.392 e. The number of benzene rings is 1. The first-order valence-electron chi connectivity index (χ1n) is 5.42. The zero-order valence-electron chi connectivity index (χ0n) is 10.4. The summed E-state index contributed by atoms with van der Waals surface area (Å²) in [5.74, 6) is -0.0713. The molecule has 0 aliphatic heterocycles. The molecule has 0 heterocycles. The summed E-state index contributed by atoms with van der Waals surface area (Å²) in [7, 11) is -3.35. The minimum Gasteiger partial charge on any atom is -0.392 e. The molecule has 2 N–H and O–H groups in total. The van der Waals surface area contributed by atoms with Gasteiger partial charge in [0.1, 0.15) is 0 Å². The molecule has 0 unspecified atom stereocenters. The van der Waals surface area contributed by atoms with Crippen molar-refractivity contribution >= 4 is 10.0 Å². The van der Waals surface area contributed by atoms with E-state index in [1.807, 2.05) is 0 Å². The highest BCUT2D eigenvalue weighted by molar-refractivity contribution is 7.88. The van der Waals surface area contributed by atoms with E-state index in [2.05, 4.69) is 4.72 Å². The molecule has 0 saturated heterocycles. The van der Waals surface area contributed by atoms with E-state index >= 15 is 0 Å². The van der Waals surface area contributed by atoms with Crippen LogP contribution in [0.5, 0.6) is 0 Å². The number of nitrogens with one attached hydrogen (secondary N) is 1. The molecule has 96 valence electrons. The lowest BCUT2D eigenvalue weighted by Gasteiger charge is -2.20. The number of rotatable bonds is 4. The van der Waals surface area contributed by atoms with Gasteiger partial charge in [0.2, 0.25) is 10.0 Å². The molecular weight excluding hydrogens is 238 g/mol. The van der Waals surface area contributed by atoms with Gasteiger partial charge in [-0.05, 0) is 31.9 Å². The molecular formula is C12H19NO3S. The second-order valence-corrected chi connectivity index (χ2v) is 6.81. The standard InChI is InChI=1S/C12H19NO3S/c1-12(2,3)13-17(15,16)9-11-6-4-5-10(7-11)8-14/h4-7,13-14H,8-9H2,1-3H3. The normalized spacial score (nSPS) is 12.7. The summed E-state index contributed by atoms with van der Waals surface area (Å²) in [5.41, 5.74) is 0.912. The Bertz CT molecular complexity index is 475. The van der Waals surface area contributed by atoms with Crippen molar-refractivity contribution in [2.24, 2.45) is 0 Å². The molecule has 1 aromatic rings. The molecule has 5 heteroatoms. The summed E-state index contributed by atoms with van der Waals surface area (Å²) in [6.45, 7) is 5.32. The molecule has 0 aliphatic carbocycles. The van der Waals surface area contributed by atoms with Crippen LogP contribution < -0.4 is 4.72 Å². The van der Waals surface area contributed by atoms with Gasteiger partial charge < -0.3 is 5.11 Å². The van der Waals surface area contributed by atoms with E-state index in [9.17, 15) is 8.42 Å². The highest BCUT2D eigenvalue weighted by atomic mass is 32.2. The predicted molar refractivity (Wildman–Crippen MR) is 67.9 cm³/mol. The molecule has 17 heavy (non-hydrogen) atoms. The molecule has 0 saturated carbocycles. The molecule has 0 atom stereocenters. The Labute approximate surface area is 103 Å². The van der Waals surface area contributed by atoms with Gasteiger partial charge in [-0.15, -0.1) is 0 Å². The third-order valence-corrected chi connectivity index (χ3v) is 3.63. The molecule has 1 rings (SSSR count). The van der Waals surface area contributed by atoms with E-state index in [4.69, 9.17) is 5.11 Å². The van der Waals surface area contributed by atoms with Crippen molar-refractivity contribution in [1.29, 1.82) is 0 Å². The zero-order chi connectivity index (χ0) is 13.1. The van der Waals surface area contributed by atoms with E-state index in [0.717, 1.165) is 0 Å². The van der Waals surface area contributed by atoms with Gasteiger partial charge in [0.05, 0.1) is 12.4 Å². The molecule has 4 nitrogen and oxygen atoms in total. The fraction of sp³-hybridized carbons (Fsp3) is 0.500. The van der Waals surface area contributed by atoms with E-state index in [1.165, 1.54) is 0 Å². The van der Waals surface area contributed by atoms with Gasteiger partial charge in [-0.3, -0.25) is 0 Å². The number of sulfonamides is 1. The van der Waals surface area contributed by atoms with Crippen molar-refractivity contribution in [2.75, 3.05) is 0 Å². The summed E-state index contributed by atoms with van der Waals surface area (Å²) >= 11 is 0. The Balaban J connectivity index is 2.83. The average Bonchev–Trinajstić information content (AvgIpc) is 2.13. The highest BCUT2D eigenvalue weighted by Gasteiger charge is 2.20. The quantitative estimate of drug-likeness (QED) is 0.856. The average molecular weight is 257 g/mol. The van der Waals surface area contributed by atoms with E-state index < -0.39 is 15.6 Å². The first-order chi connectivity index (χ1) is 7.72. The highest BCUT2D eigenvalue weighted by Crippen LogP contribution is 2.11. The second kappa shape index (κ2) is 5.16. The van der Waals surface area contributed by atoms with Gasteiger partial charge in [-0.2, -0.15) is 0 Å². The Morgan fingerprint density at radius 2 is 1.82 bits per heavy atom.